The summed E-state index contributed by atoms with van der Waals surface area (Å²) in [7, 11) is 0. The van der Waals surface area contributed by atoms with E-state index in [4.69, 9.17) is 9.84 Å². The average Bonchev–Trinajstić information content (AvgIpc) is 2.47. The Kier molecular flexibility index (Phi) is 6.25. The van der Waals surface area contributed by atoms with Crippen molar-refractivity contribution in [3.63, 3.8) is 0 Å². The van der Waals surface area contributed by atoms with E-state index in [2.05, 4.69) is 0 Å². The molecule has 0 saturated carbocycles. The summed E-state index contributed by atoms with van der Waals surface area (Å²) in [6.07, 6.45) is 1.43. The van der Waals surface area contributed by atoms with Crippen molar-refractivity contribution in [3.05, 3.63) is 0 Å². The Morgan fingerprint density at radius 3 is 2.53 bits per heavy atom. The molecule has 1 atom stereocenters. The van der Waals surface area contributed by atoms with E-state index in [-0.39, 0.29) is 32.8 Å². The average molecular weight is 237 g/mol. The van der Waals surface area contributed by atoms with E-state index in [9.17, 15) is 9.59 Å². The molecule has 94 valence electrons. The molecule has 0 aromatic rings. The van der Waals surface area contributed by atoms with Gasteiger partial charge in [-0.1, -0.05) is 0 Å². The number of rotatable bonds is 3. The number of carbonyl (C=O) groups excluding carboxylic acids is 1. The van der Waals surface area contributed by atoms with Crippen LogP contribution in [0.25, 0.3) is 0 Å². The Morgan fingerprint density at radius 1 is 1.47 bits per heavy atom. The Bertz CT molecular complexity index is 293. The molecule has 1 heterocycles. The first-order chi connectivity index (χ1) is 7.29. The van der Waals surface area contributed by atoms with Crippen LogP contribution in [-0.2, 0) is 14.3 Å². The second-order valence-electron chi connectivity index (χ2n) is 5.05. The minimum absolute atomic E-state index is 0. The molecule has 0 amide bonds. The van der Waals surface area contributed by atoms with Gasteiger partial charge in [-0.2, -0.15) is 0 Å². The van der Waals surface area contributed by atoms with Crippen molar-refractivity contribution in [2.75, 3.05) is 13.1 Å². The van der Waals surface area contributed by atoms with Gasteiger partial charge in [0.2, 0.25) is 0 Å². The second-order valence-corrected chi connectivity index (χ2v) is 5.05. The fourth-order valence-electron chi connectivity index (χ4n) is 1.83. The smallest absolute Gasteiger partial charge is 1.00 e. The summed E-state index contributed by atoms with van der Waals surface area (Å²) < 4.78 is 5.15. The SMILES string of the molecule is CC(C)(C)OC(=O)CN1CCCC1C(=O)O.[H-].[Li+]. The van der Waals surface area contributed by atoms with Gasteiger partial charge < -0.3 is 11.3 Å². The summed E-state index contributed by atoms with van der Waals surface area (Å²) >= 11 is 0. The fourth-order valence-corrected chi connectivity index (χ4v) is 1.83. The van der Waals surface area contributed by atoms with E-state index in [0.29, 0.717) is 13.0 Å². The number of esters is 1. The second kappa shape index (κ2) is 6.44. The molecule has 1 aliphatic heterocycles. The predicted octanol–water partition coefficient (Wildman–Crippen LogP) is -2.01. The van der Waals surface area contributed by atoms with Gasteiger partial charge in [-0.25, -0.2) is 0 Å². The Morgan fingerprint density at radius 2 is 2.06 bits per heavy atom. The topological polar surface area (TPSA) is 66.8 Å². The number of hydrogen-bond donors (Lipinski definition) is 1. The van der Waals surface area contributed by atoms with Gasteiger partial charge in [0.1, 0.15) is 11.6 Å². The zero-order valence-electron chi connectivity index (χ0n) is 12.0. The van der Waals surface area contributed by atoms with Gasteiger partial charge in [0.25, 0.3) is 0 Å². The van der Waals surface area contributed by atoms with Gasteiger partial charge in [-0.05, 0) is 40.2 Å². The van der Waals surface area contributed by atoms with Crippen LogP contribution in [0.2, 0.25) is 0 Å². The standard InChI is InChI=1S/C11H19NO4.Li.H/c1-11(2,3)16-9(13)7-12-6-4-5-8(12)10(14)15;;/h8H,4-7H2,1-3H3,(H,14,15);;/q;+1;-1. The quantitative estimate of drug-likeness (QED) is 0.454. The maximum absolute atomic E-state index is 11.5. The third-order valence-electron chi connectivity index (χ3n) is 2.40. The molecule has 17 heavy (non-hydrogen) atoms. The number of carbonyl (C=O) groups is 2. The van der Waals surface area contributed by atoms with Gasteiger partial charge in [0.05, 0.1) is 6.54 Å². The maximum Gasteiger partial charge on any atom is 1.00 e. The van der Waals surface area contributed by atoms with Crippen molar-refractivity contribution in [3.8, 4) is 0 Å². The van der Waals surface area contributed by atoms with Gasteiger partial charge in [-0.15, -0.1) is 0 Å². The molecule has 0 aromatic heterocycles. The van der Waals surface area contributed by atoms with E-state index in [0.717, 1.165) is 6.42 Å². The number of hydrogen-bond acceptors (Lipinski definition) is 4. The van der Waals surface area contributed by atoms with Crippen molar-refractivity contribution in [2.24, 2.45) is 0 Å². The molecule has 0 radical (unpaired) electrons. The van der Waals surface area contributed by atoms with Crippen LogP contribution in [0, 0.1) is 0 Å². The van der Waals surface area contributed by atoms with Crippen LogP contribution < -0.4 is 18.9 Å². The molecule has 1 fully saturated rings. The molecular formula is C11H20LiNO4. The van der Waals surface area contributed by atoms with E-state index in [1.807, 2.05) is 0 Å². The van der Waals surface area contributed by atoms with E-state index >= 15 is 0 Å². The molecule has 1 N–H and O–H groups in total. The van der Waals surface area contributed by atoms with Crippen molar-refractivity contribution in [1.29, 1.82) is 0 Å². The van der Waals surface area contributed by atoms with Crippen LogP contribution >= 0.6 is 0 Å². The largest absolute Gasteiger partial charge is 1.00 e. The number of carboxylic acids is 1. The van der Waals surface area contributed by atoms with Crippen LogP contribution in [0.3, 0.4) is 0 Å². The Balaban J connectivity index is 0. The molecule has 0 spiro atoms. The van der Waals surface area contributed by atoms with Crippen molar-refractivity contribution < 1.29 is 39.7 Å². The molecule has 0 bridgehead atoms. The van der Waals surface area contributed by atoms with Crippen molar-refractivity contribution >= 4 is 11.9 Å². The minimum Gasteiger partial charge on any atom is -1.00 e. The summed E-state index contributed by atoms with van der Waals surface area (Å²) in [5, 5.41) is 8.94. The number of carboxylic acid groups (broad SMARTS) is 1. The van der Waals surface area contributed by atoms with Crippen LogP contribution in [0.4, 0.5) is 0 Å². The summed E-state index contributed by atoms with van der Waals surface area (Å²) in [6, 6.07) is -0.535. The fraction of sp³-hybridized carbons (Fsp3) is 0.818. The zero-order valence-corrected chi connectivity index (χ0v) is 11.0. The molecule has 1 saturated heterocycles. The first-order valence-corrected chi connectivity index (χ1v) is 5.48. The zero-order chi connectivity index (χ0) is 12.3. The molecule has 5 nitrogen and oxygen atoms in total. The molecule has 0 aromatic carbocycles. The number of nitrogens with zero attached hydrogens (tertiary/aromatic N) is 1. The Labute approximate surface area is 115 Å². The predicted molar refractivity (Wildman–Crippen MR) is 59.2 cm³/mol. The summed E-state index contributed by atoms with van der Waals surface area (Å²) in [6.45, 7) is 6.10. The maximum atomic E-state index is 11.5. The normalized spacial score (nSPS) is 20.8. The number of aliphatic carboxylic acids is 1. The van der Waals surface area contributed by atoms with Crippen LogP contribution in [0.5, 0.6) is 0 Å². The third kappa shape index (κ3) is 5.58. The first kappa shape index (κ1) is 16.5. The molecule has 1 aliphatic rings. The first-order valence-electron chi connectivity index (χ1n) is 5.48. The summed E-state index contributed by atoms with van der Waals surface area (Å²) in [5.41, 5.74) is -0.518. The van der Waals surface area contributed by atoms with E-state index in [1.165, 1.54) is 0 Å². The van der Waals surface area contributed by atoms with E-state index < -0.39 is 17.6 Å². The minimum atomic E-state index is -0.860. The van der Waals surface area contributed by atoms with Gasteiger partial charge in [0.15, 0.2) is 0 Å². The molecule has 1 rings (SSSR count). The summed E-state index contributed by atoms with van der Waals surface area (Å²) in [5.74, 6) is -1.22. The molecular weight excluding hydrogens is 217 g/mol. The van der Waals surface area contributed by atoms with Gasteiger partial charge >= 0.3 is 30.8 Å². The van der Waals surface area contributed by atoms with Gasteiger partial charge in [0, 0.05) is 0 Å². The van der Waals surface area contributed by atoms with Crippen molar-refractivity contribution in [2.45, 2.75) is 45.3 Å². The summed E-state index contributed by atoms with van der Waals surface area (Å²) in [4.78, 5) is 24.1. The molecule has 1 unspecified atom stereocenters. The van der Waals surface area contributed by atoms with Crippen LogP contribution in [0.1, 0.15) is 35.0 Å². The monoisotopic (exact) mass is 237 g/mol. The third-order valence-corrected chi connectivity index (χ3v) is 2.40. The number of likely N-dealkylation sites (tertiary alicyclic amines) is 1. The number of ether oxygens (including phenoxy) is 1. The van der Waals surface area contributed by atoms with Crippen molar-refractivity contribution in [1.82, 2.24) is 4.90 Å². The van der Waals surface area contributed by atoms with Gasteiger partial charge in [-0.3, -0.25) is 14.5 Å². The molecule has 0 aliphatic carbocycles. The van der Waals surface area contributed by atoms with E-state index in [1.54, 1.807) is 25.7 Å². The molecule has 6 heteroatoms. The van der Waals surface area contributed by atoms with Crippen LogP contribution in [0.15, 0.2) is 0 Å². The van der Waals surface area contributed by atoms with Crippen LogP contribution in [-0.4, -0.2) is 46.7 Å². The Hall–Kier alpha value is -0.503.